The maximum Gasteiger partial charge on any atom is 0.248 e. The van der Waals surface area contributed by atoms with Gasteiger partial charge in [-0.1, -0.05) is 48.5 Å². The van der Waals surface area contributed by atoms with Crippen LogP contribution in [0.1, 0.15) is 11.1 Å². The number of hydrogen-bond acceptors (Lipinski definition) is 3. The van der Waals surface area contributed by atoms with Crippen molar-refractivity contribution in [1.82, 2.24) is 4.98 Å². The molecule has 5 heteroatoms. The summed E-state index contributed by atoms with van der Waals surface area (Å²) in [6, 6.07) is 19.6. The highest BCUT2D eigenvalue weighted by atomic mass is 19.1. The molecular weight excluding hydrogens is 329 g/mol. The minimum atomic E-state index is -0.255. The van der Waals surface area contributed by atoms with Crippen LogP contribution < -0.4 is 10.6 Å². The Morgan fingerprint density at radius 2 is 1.77 bits per heavy atom. The van der Waals surface area contributed by atoms with Crippen LogP contribution >= 0.6 is 0 Å². The Bertz CT molecular complexity index is 893. The maximum absolute atomic E-state index is 13.6. The van der Waals surface area contributed by atoms with E-state index in [1.165, 1.54) is 12.1 Å². The number of anilines is 2. The van der Waals surface area contributed by atoms with Gasteiger partial charge in [0, 0.05) is 18.2 Å². The Morgan fingerprint density at radius 3 is 2.50 bits per heavy atom. The summed E-state index contributed by atoms with van der Waals surface area (Å²) >= 11 is 0. The standard InChI is InChI=1S/C21H18FN3O/c22-19-9-5-4-8-17(19)14-23-20-12-11-18(15-24-20)25-21(26)13-10-16-6-2-1-3-7-16/h1-13,15H,14H2,(H,23,24)(H,25,26)/b13-10+. The van der Waals surface area contributed by atoms with E-state index in [2.05, 4.69) is 15.6 Å². The van der Waals surface area contributed by atoms with Crippen molar-refractivity contribution < 1.29 is 9.18 Å². The fraction of sp³-hybridized carbons (Fsp3) is 0.0476. The summed E-state index contributed by atoms with van der Waals surface area (Å²) in [7, 11) is 0. The molecule has 1 heterocycles. The van der Waals surface area contributed by atoms with Gasteiger partial charge in [-0.3, -0.25) is 4.79 Å². The number of nitrogens with one attached hydrogen (secondary N) is 2. The second kappa shape index (κ2) is 8.58. The van der Waals surface area contributed by atoms with Crippen molar-refractivity contribution in [3.63, 3.8) is 0 Å². The van der Waals surface area contributed by atoms with Crippen molar-refractivity contribution in [2.24, 2.45) is 0 Å². The van der Waals surface area contributed by atoms with E-state index in [1.54, 1.807) is 42.6 Å². The van der Waals surface area contributed by atoms with Gasteiger partial charge < -0.3 is 10.6 Å². The third-order valence-corrected chi connectivity index (χ3v) is 3.68. The molecule has 3 rings (SSSR count). The highest BCUT2D eigenvalue weighted by Crippen LogP contribution is 2.13. The van der Waals surface area contributed by atoms with Crippen molar-refractivity contribution in [2.45, 2.75) is 6.54 Å². The minimum absolute atomic E-state index is 0.234. The Hall–Kier alpha value is -3.47. The molecule has 4 nitrogen and oxygen atoms in total. The van der Waals surface area contributed by atoms with Crippen LogP contribution in [0.15, 0.2) is 79.0 Å². The molecule has 0 radical (unpaired) electrons. The first-order valence-corrected chi connectivity index (χ1v) is 8.18. The first-order valence-electron chi connectivity index (χ1n) is 8.18. The van der Waals surface area contributed by atoms with E-state index in [-0.39, 0.29) is 11.7 Å². The van der Waals surface area contributed by atoms with Crippen LogP contribution in [0.5, 0.6) is 0 Å². The van der Waals surface area contributed by atoms with Gasteiger partial charge in [-0.2, -0.15) is 0 Å². The van der Waals surface area contributed by atoms with Crippen molar-refractivity contribution in [3.05, 3.63) is 95.9 Å². The van der Waals surface area contributed by atoms with Gasteiger partial charge in [-0.15, -0.1) is 0 Å². The van der Waals surface area contributed by atoms with Crippen LogP contribution in [0.2, 0.25) is 0 Å². The third-order valence-electron chi connectivity index (χ3n) is 3.68. The van der Waals surface area contributed by atoms with E-state index in [0.717, 1.165) is 5.56 Å². The number of aromatic nitrogens is 1. The number of pyridine rings is 1. The summed E-state index contributed by atoms with van der Waals surface area (Å²) in [4.78, 5) is 16.2. The van der Waals surface area contributed by atoms with Crippen molar-refractivity contribution in [1.29, 1.82) is 0 Å². The predicted molar refractivity (Wildman–Crippen MR) is 102 cm³/mol. The SMILES string of the molecule is O=C(/C=C/c1ccccc1)Nc1ccc(NCc2ccccc2F)nc1. The molecule has 0 aliphatic heterocycles. The lowest BCUT2D eigenvalue weighted by Crippen LogP contribution is -2.08. The lowest BCUT2D eigenvalue weighted by atomic mass is 10.2. The second-order valence-electron chi connectivity index (χ2n) is 5.61. The van der Waals surface area contributed by atoms with E-state index in [9.17, 15) is 9.18 Å². The summed E-state index contributed by atoms with van der Waals surface area (Å²) < 4.78 is 13.6. The topological polar surface area (TPSA) is 54.0 Å². The number of benzene rings is 2. The molecule has 26 heavy (non-hydrogen) atoms. The molecule has 1 amide bonds. The normalized spacial score (nSPS) is 10.7. The summed E-state index contributed by atoms with van der Waals surface area (Å²) in [5, 5.41) is 5.80. The molecular formula is C21H18FN3O. The summed E-state index contributed by atoms with van der Waals surface area (Å²) in [5.41, 5.74) is 2.11. The molecule has 0 saturated heterocycles. The molecule has 0 bridgehead atoms. The van der Waals surface area contributed by atoms with Crippen molar-refractivity contribution in [3.8, 4) is 0 Å². The summed E-state index contributed by atoms with van der Waals surface area (Å²) in [6.07, 6.45) is 4.77. The number of hydrogen-bond donors (Lipinski definition) is 2. The molecule has 0 spiro atoms. The second-order valence-corrected chi connectivity index (χ2v) is 5.61. The van der Waals surface area contributed by atoms with Gasteiger partial charge in [0.2, 0.25) is 5.91 Å². The van der Waals surface area contributed by atoms with Gasteiger partial charge in [0.25, 0.3) is 0 Å². The molecule has 130 valence electrons. The summed E-state index contributed by atoms with van der Waals surface area (Å²) in [6.45, 7) is 0.338. The van der Waals surface area contributed by atoms with Gasteiger partial charge in [-0.25, -0.2) is 9.37 Å². The fourth-order valence-electron chi connectivity index (χ4n) is 2.32. The molecule has 2 N–H and O–H groups in total. The first kappa shape index (κ1) is 17.4. The fourth-order valence-corrected chi connectivity index (χ4v) is 2.32. The van der Waals surface area contributed by atoms with Gasteiger partial charge in [0.05, 0.1) is 11.9 Å². The van der Waals surface area contributed by atoms with Crippen LogP contribution in [-0.2, 0) is 11.3 Å². The van der Waals surface area contributed by atoms with E-state index < -0.39 is 0 Å². The molecule has 0 unspecified atom stereocenters. The Kier molecular flexibility index (Phi) is 5.72. The van der Waals surface area contributed by atoms with Gasteiger partial charge in [0.1, 0.15) is 11.6 Å². The number of carbonyl (C=O) groups is 1. The molecule has 1 aromatic heterocycles. The van der Waals surface area contributed by atoms with Crippen LogP contribution in [0.25, 0.3) is 6.08 Å². The average Bonchev–Trinajstić information content (AvgIpc) is 2.68. The van der Waals surface area contributed by atoms with Crippen LogP contribution in [0, 0.1) is 5.82 Å². The smallest absolute Gasteiger partial charge is 0.248 e. The Balaban J connectivity index is 1.53. The van der Waals surface area contributed by atoms with Crippen LogP contribution in [0.4, 0.5) is 15.9 Å². The molecule has 2 aromatic carbocycles. The number of rotatable bonds is 6. The minimum Gasteiger partial charge on any atom is -0.366 e. The van der Waals surface area contributed by atoms with E-state index >= 15 is 0 Å². The first-order chi connectivity index (χ1) is 12.7. The number of carbonyl (C=O) groups excluding carboxylic acids is 1. The highest BCUT2D eigenvalue weighted by molar-refractivity contribution is 6.01. The zero-order valence-corrected chi connectivity index (χ0v) is 14.0. The molecule has 3 aromatic rings. The van der Waals surface area contributed by atoms with Crippen molar-refractivity contribution >= 4 is 23.5 Å². The van der Waals surface area contributed by atoms with E-state index in [0.29, 0.717) is 23.6 Å². The van der Waals surface area contributed by atoms with Crippen LogP contribution in [-0.4, -0.2) is 10.9 Å². The molecule has 0 aliphatic rings. The van der Waals surface area contributed by atoms with Gasteiger partial charge in [0.15, 0.2) is 0 Å². The largest absolute Gasteiger partial charge is 0.366 e. The van der Waals surface area contributed by atoms with Crippen LogP contribution in [0.3, 0.4) is 0 Å². The lowest BCUT2D eigenvalue weighted by Gasteiger charge is -2.07. The molecule has 0 saturated carbocycles. The monoisotopic (exact) mass is 347 g/mol. The third kappa shape index (κ3) is 5.01. The van der Waals surface area contributed by atoms with E-state index in [4.69, 9.17) is 0 Å². The van der Waals surface area contributed by atoms with Gasteiger partial charge in [-0.05, 0) is 29.8 Å². The van der Waals surface area contributed by atoms with Crippen molar-refractivity contribution in [2.75, 3.05) is 10.6 Å². The Labute approximate surface area is 151 Å². The zero-order valence-electron chi connectivity index (χ0n) is 14.0. The average molecular weight is 347 g/mol. The summed E-state index contributed by atoms with van der Waals surface area (Å²) in [5.74, 6) is 0.114. The lowest BCUT2D eigenvalue weighted by molar-refractivity contribution is -0.111. The van der Waals surface area contributed by atoms with Gasteiger partial charge >= 0.3 is 0 Å². The molecule has 0 atom stereocenters. The Morgan fingerprint density at radius 1 is 1.00 bits per heavy atom. The van der Waals surface area contributed by atoms with E-state index in [1.807, 2.05) is 30.3 Å². The number of amides is 1. The predicted octanol–water partition coefficient (Wildman–Crippen LogP) is 4.48. The number of halogens is 1. The molecule has 0 fully saturated rings. The number of nitrogens with zero attached hydrogens (tertiary/aromatic N) is 1. The quantitative estimate of drug-likeness (QED) is 0.646. The highest BCUT2D eigenvalue weighted by Gasteiger charge is 2.02. The molecule has 0 aliphatic carbocycles. The zero-order chi connectivity index (χ0) is 18.2. The maximum atomic E-state index is 13.6.